The van der Waals surface area contributed by atoms with Crippen LogP contribution in [0.3, 0.4) is 0 Å². The van der Waals surface area contributed by atoms with E-state index in [-0.39, 0.29) is 17.6 Å². The van der Waals surface area contributed by atoms with Gasteiger partial charge in [0.25, 0.3) is 0 Å². The number of carbonyl (C=O) groups excluding carboxylic acids is 3. The highest BCUT2D eigenvalue weighted by molar-refractivity contribution is 8.14. The monoisotopic (exact) mass is 457 g/mol. The Hall–Kier alpha value is -3.53. The molecule has 9 nitrogen and oxygen atoms in total. The van der Waals surface area contributed by atoms with Gasteiger partial charge < -0.3 is 19.5 Å². The molecule has 0 aliphatic carbocycles. The number of benzene rings is 2. The van der Waals surface area contributed by atoms with Crippen LogP contribution in [0.4, 0.5) is 0 Å². The lowest BCUT2D eigenvalue weighted by atomic mass is 10.2. The fourth-order valence-electron chi connectivity index (χ4n) is 2.92. The largest absolute Gasteiger partial charge is 0.497 e. The molecular weight excluding hydrogens is 434 g/mol. The molecule has 0 aromatic heterocycles. The summed E-state index contributed by atoms with van der Waals surface area (Å²) in [4.78, 5) is 36.1. The molecule has 10 heteroatoms. The Labute approximate surface area is 189 Å². The van der Waals surface area contributed by atoms with Gasteiger partial charge in [-0.15, -0.1) is 5.10 Å². The van der Waals surface area contributed by atoms with E-state index < -0.39 is 11.3 Å². The van der Waals surface area contributed by atoms with Crippen molar-refractivity contribution in [2.45, 2.75) is 26.1 Å². The second kappa shape index (κ2) is 10.2. The molecular formula is C22H23N3O6S. The number of methoxy groups -OCH3 is 1. The van der Waals surface area contributed by atoms with Gasteiger partial charge in [-0.25, -0.2) is 9.80 Å². The fourth-order valence-corrected chi connectivity index (χ4v) is 4.05. The Kier molecular flexibility index (Phi) is 7.37. The Bertz CT molecular complexity index is 1070. The van der Waals surface area contributed by atoms with E-state index in [1.807, 2.05) is 6.92 Å². The number of hydrogen-bond donors (Lipinski definition) is 1. The van der Waals surface area contributed by atoms with Crippen LogP contribution in [0.5, 0.6) is 17.2 Å². The van der Waals surface area contributed by atoms with Gasteiger partial charge in [-0.2, -0.15) is 0 Å². The first-order valence-corrected chi connectivity index (χ1v) is 10.7. The summed E-state index contributed by atoms with van der Waals surface area (Å²) in [6.07, 6.45) is 0. The van der Waals surface area contributed by atoms with Crippen molar-refractivity contribution in [3.63, 3.8) is 0 Å². The van der Waals surface area contributed by atoms with Gasteiger partial charge >= 0.3 is 5.97 Å². The minimum absolute atomic E-state index is 0.240. The Balaban J connectivity index is 1.86. The van der Waals surface area contributed by atoms with Crippen LogP contribution in [0.25, 0.3) is 0 Å². The van der Waals surface area contributed by atoms with Gasteiger partial charge in [0.05, 0.1) is 19.3 Å². The number of hydrogen-bond acceptors (Lipinski definition) is 8. The average Bonchev–Trinajstić information content (AvgIpc) is 3.18. The normalized spacial score (nSPS) is 15.1. The third-order valence-corrected chi connectivity index (χ3v) is 5.41. The van der Waals surface area contributed by atoms with E-state index in [0.29, 0.717) is 34.4 Å². The lowest BCUT2D eigenvalue weighted by Crippen LogP contribution is -2.25. The van der Waals surface area contributed by atoms with E-state index in [4.69, 9.17) is 14.2 Å². The quantitative estimate of drug-likeness (QED) is 0.524. The van der Waals surface area contributed by atoms with Crippen LogP contribution in [0, 0.1) is 0 Å². The molecule has 0 unspecified atom stereocenters. The van der Waals surface area contributed by atoms with E-state index in [1.54, 1.807) is 42.5 Å². The van der Waals surface area contributed by atoms with Crippen molar-refractivity contribution in [2.24, 2.45) is 5.10 Å². The lowest BCUT2D eigenvalue weighted by molar-refractivity contribution is -0.129. The Morgan fingerprint density at radius 1 is 1.12 bits per heavy atom. The molecule has 0 saturated heterocycles. The standard InChI is InChI=1S/C22H23N3O6S/c1-5-30-19-12-15(20-25(14(3)27)24-22(32-20)23-13(2)26)9-10-18(19)31-21(28)16-7-6-8-17(11-16)29-4/h6-12,20H,5H2,1-4H3,(H,23,24,26)/t20-/m1/s1. The van der Waals surface area contributed by atoms with E-state index in [9.17, 15) is 14.4 Å². The van der Waals surface area contributed by atoms with E-state index in [0.717, 1.165) is 0 Å². The molecule has 1 aliphatic rings. The van der Waals surface area contributed by atoms with Crippen molar-refractivity contribution in [3.8, 4) is 17.2 Å². The molecule has 168 valence electrons. The van der Waals surface area contributed by atoms with E-state index in [1.165, 1.54) is 37.7 Å². The molecule has 0 radical (unpaired) electrons. The Morgan fingerprint density at radius 3 is 2.56 bits per heavy atom. The maximum absolute atomic E-state index is 12.6. The molecule has 0 saturated carbocycles. The second-order valence-corrected chi connectivity index (χ2v) is 7.75. The number of amides is 2. The van der Waals surface area contributed by atoms with Crippen LogP contribution in [0.1, 0.15) is 42.1 Å². The fraction of sp³-hybridized carbons (Fsp3) is 0.273. The summed E-state index contributed by atoms with van der Waals surface area (Å²) in [7, 11) is 1.52. The summed E-state index contributed by atoms with van der Waals surface area (Å²) in [6, 6.07) is 11.6. The molecule has 1 heterocycles. The number of rotatable bonds is 6. The molecule has 1 aliphatic heterocycles. The first-order chi connectivity index (χ1) is 15.3. The van der Waals surface area contributed by atoms with Crippen LogP contribution in [-0.4, -0.2) is 41.7 Å². The molecule has 1 N–H and O–H groups in total. The lowest BCUT2D eigenvalue weighted by Gasteiger charge is -2.20. The zero-order chi connectivity index (χ0) is 23.3. The molecule has 2 aromatic carbocycles. The van der Waals surface area contributed by atoms with Gasteiger partial charge in [0, 0.05) is 13.8 Å². The van der Waals surface area contributed by atoms with Crippen LogP contribution in [0.2, 0.25) is 0 Å². The number of nitrogens with one attached hydrogen (secondary N) is 1. The number of thioether (sulfide) groups is 1. The van der Waals surface area contributed by atoms with Gasteiger partial charge in [0.15, 0.2) is 16.7 Å². The molecule has 2 aromatic rings. The molecule has 0 spiro atoms. The third kappa shape index (κ3) is 5.38. The molecule has 32 heavy (non-hydrogen) atoms. The van der Waals surface area contributed by atoms with Crippen molar-refractivity contribution in [1.29, 1.82) is 0 Å². The maximum atomic E-state index is 12.6. The molecule has 0 fully saturated rings. The van der Waals surface area contributed by atoms with Crippen molar-refractivity contribution in [3.05, 3.63) is 53.6 Å². The van der Waals surface area contributed by atoms with Crippen LogP contribution < -0.4 is 19.5 Å². The summed E-state index contributed by atoms with van der Waals surface area (Å²) in [5.74, 6) is -0.00135. The number of carbonyl (C=O) groups is 3. The highest BCUT2D eigenvalue weighted by Gasteiger charge is 2.33. The predicted octanol–water partition coefficient (Wildman–Crippen LogP) is 3.31. The Morgan fingerprint density at radius 2 is 1.91 bits per heavy atom. The minimum Gasteiger partial charge on any atom is -0.497 e. The van der Waals surface area contributed by atoms with E-state index >= 15 is 0 Å². The first kappa shape index (κ1) is 23.1. The van der Waals surface area contributed by atoms with Crippen molar-refractivity contribution in [2.75, 3.05) is 13.7 Å². The molecule has 2 amide bonds. The summed E-state index contributed by atoms with van der Waals surface area (Å²) in [6.45, 7) is 4.91. The highest BCUT2D eigenvalue weighted by atomic mass is 32.2. The van der Waals surface area contributed by atoms with Crippen LogP contribution >= 0.6 is 11.8 Å². The van der Waals surface area contributed by atoms with Gasteiger partial charge in [-0.05, 0) is 42.8 Å². The molecule has 1 atom stereocenters. The number of esters is 1. The number of ether oxygens (including phenoxy) is 3. The average molecular weight is 458 g/mol. The summed E-state index contributed by atoms with van der Waals surface area (Å²) >= 11 is 1.22. The molecule has 0 bridgehead atoms. The third-order valence-electron chi connectivity index (χ3n) is 4.31. The zero-order valence-corrected chi connectivity index (χ0v) is 18.9. The van der Waals surface area contributed by atoms with Crippen LogP contribution in [0.15, 0.2) is 47.6 Å². The van der Waals surface area contributed by atoms with Crippen molar-refractivity contribution >= 4 is 34.7 Å². The summed E-state index contributed by atoms with van der Waals surface area (Å²) in [5, 5.41) is 7.88. The van der Waals surface area contributed by atoms with Gasteiger partial charge in [0.2, 0.25) is 11.8 Å². The van der Waals surface area contributed by atoms with Gasteiger partial charge in [-0.1, -0.05) is 23.9 Å². The minimum atomic E-state index is -0.561. The molecule has 3 rings (SSSR count). The number of hydrazone groups is 1. The maximum Gasteiger partial charge on any atom is 0.343 e. The van der Waals surface area contributed by atoms with Crippen molar-refractivity contribution < 1.29 is 28.6 Å². The number of amidine groups is 1. The highest BCUT2D eigenvalue weighted by Crippen LogP contribution is 2.41. The predicted molar refractivity (Wildman–Crippen MR) is 120 cm³/mol. The van der Waals surface area contributed by atoms with Gasteiger partial charge in [-0.3, -0.25) is 9.59 Å². The van der Waals surface area contributed by atoms with Crippen molar-refractivity contribution in [1.82, 2.24) is 10.3 Å². The van der Waals surface area contributed by atoms with Crippen LogP contribution in [-0.2, 0) is 9.59 Å². The second-order valence-electron chi connectivity index (χ2n) is 6.68. The number of nitrogens with zero attached hydrogens (tertiary/aromatic N) is 2. The SMILES string of the molecule is CCOc1cc([C@H]2SC(NC(C)=O)=NN2C(C)=O)ccc1OC(=O)c1cccc(OC)c1. The van der Waals surface area contributed by atoms with E-state index in [2.05, 4.69) is 10.4 Å². The smallest absolute Gasteiger partial charge is 0.343 e. The van der Waals surface area contributed by atoms with Gasteiger partial charge in [0.1, 0.15) is 11.1 Å². The summed E-state index contributed by atoms with van der Waals surface area (Å²) < 4.78 is 16.4. The summed E-state index contributed by atoms with van der Waals surface area (Å²) in [5.41, 5.74) is 1.03. The topological polar surface area (TPSA) is 107 Å². The zero-order valence-electron chi connectivity index (χ0n) is 18.1. The first-order valence-electron chi connectivity index (χ1n) is 9.78.